The first-order chi connectivity index (χ1) is 8.54. The fraction of sp³-hybridized carbons (Fsp3) is 0.364. The summed E-state index contributed by atoms with van der Waals surface area (Å²) in [7, 11) is 1.45. The largest absolute Gasteiger partial charge is 0.480 e. The standard InChI is InChI=1S/C11H14N2O5/c1-18-5-4-8(11(16)17)13-10(15)7-2-3-9(14)12-6-7/h2-3,6,8H,4-5H2,1H3,(H,12,14)(H,13,15)(H,16,17). The summed E-state index contributed by atoms with van der Waals surface area (Å²) in [4.78, 5) is 35.8. The Morgan fingerprint density at radius 1 is 1.50 bits per heavy atom. The monoisotopic (exact) mass is 254 g/mol. The van der Waals surface area contributed by atoms with Gasteiger partial charge in [0.1, 0.15) is 6.04 Å². The highest BCUT2D eigenvalue weighted by molar-refractivity contribution is 5.96. The molecule has 98 valence electrons. The first-order valence-electron chi connectivity index (χ1n) is 5.26. The number of carbonyl (C=O) groups excluding carboxylic acids is 1. The molecule has 0 saturated carbocycles. The number of hydrogen-bond donors (Lipinski definition) is 3. The van der Waals surface area contributed by atoms with Crippen LogP contribution in [-0.4, -0.2) is 41.7 Å². The summed E-state index contributed by atoms with van der Waals surface area (Å²) in [6, 6.07) is 1.49. The topological polar surface area (TPSA) is 108 Å². The van der Waals surface area contributed by atoms with E-state index < -0.39 is 17.9 Å². The van der Waals surface area contributed by atoms with Crippen LogP contribution in [-0.2, 0) is 9.53 Å². The van der Waals surface area contributed by atoms with Crippen molar-refractivity contribution in [3.05, 3.63) is 34.2 Å². The number of carbonyl (C=O) groups is 2. The number of rotatable bonds is 6. The van der Waals surface area contributed by atoms with E-state index in [1.165, 1.54) is 25.4 Å². The van der Waals surface area contributed by atoms with E-state index in [1.807, 2.05) is 0 Å². The molecule has 0 aliphatic rings. The quantitative estimate of drug-likeness (QED) is 0.639. The number of pyridine rings is 1. The smallest absolute Gasteiger partial charge is 0.326 e. The number of H-pyrrole nitrogens is 1. The first kappa shape index (κ1) is 13.9. The summed E-state index contributed by atoms with van der Waals surface area (Å²) in [5, 5.41) is 11.3. The average Bonchev–Trinajstić information content (AvgIpc) is 2.34. The Bertz CT molecular complexity index is 462. The summed E-state index contributed by atoms with van der Waals surface area (Å²) in [5.74, 6) is -1.69. The molecule has 1 rings (SSSR count). The summed E-state index contributed by atoms with van der Waals surface area (Å²) in [6.45, 7) is 0.225. The first-order valence-corrected chi connectivity index (χ1v) is 5.26. The fourth-order valence-corrected chi connectivity index (χ4v) is 1.29. The molecule has 7 nitrogen and oxygen atoms in total. The lowest BCUT2D eigenvalue weighted by atomic mass is 10.2. The second-order valence-electron chi connectivity index (χ2n) is 3.59. The molecule has 18 heavy (non-hydrogen) atoms. The maximum atomic E-state index is 11.7. The number of methoxy groups -OCH3 is 1. The highest BCUT2D eigenvalue weighted by Gasteiger charge is 2.20. The Morgan fingerprint density at radius 2 is 2.22 bits per heavy atom. The van der Waals surface area contributed by atoms with Crippen LogP contribution in [0.2, 0.25) is 0 Å². The number of hydrogen-bond acceptors (Lipinski definition) is 4. The lowest BCUT2D eigenvalue weighted by Crippen LogP contribution is -2.41. The Balaban J connectivity index is 2.68. The predicted octanol–water partition coefficient (Wildman–Crippen LogP) is -0.406. The van der Waals surface area contributed by atoms with Crippen molar-refractivity contribution in [1.29, 1.82) is 0 Å². The fourth-order valence-electron chi connectivity index (χ4n) is 1.29. The van der Waals surface area contributed by atoms with Crippen molar-refractivity contribution in [3.8, 4) is 0 Å². The van der Waals surface area contributed by atoms with Crippen LogP contribution in [0.15, 0.2) is 23.1 Å². The van der Waals surface area contributed by atoms with E-state index in [9.17, 15) is 14.4 Å². The van der Waals surface area contributed by atoms with Crippen LogP contribution in [0.5, 0.6) is 0 Å². The maximum Gasteiger partial charge on any atom is 0.326 e. The van der Waals surface area contributed by atoms with Gasteiger partial charge in [-0.3, -0.25) is 9.59 Å². The van der Waals surface area contributed by atoms with Crippen LogP contribution in [0.25, 0.3) is 0 Å². The van der Waals surface area contributed by atoms with Crippen molar-refractivity contribution < 1.29 is 19.4 Å². The van der Waals surface area contributed by atoms with Crippen LogP contribution in [0.1, 0.15) is 16.8 Å². The second kappa shape index (κ2) is 6.55. The molecule has 1 heterocycles. The molecule has 0 bridgehead atoms. The normalized spacial score (nSPS) is 11.8. The lowest BCUT2D eigenvalue weighted by molar-refractivity contribution is -0.139. The van der Waals surface area contributed by atoms with Gasteiger partial charge in [-0.05, 0) is 6.07 Å². The van der Waals surface area contributed by atoms with E-state index in [0.29, 0.717) is 0 Å². The molecule has 3 N–H and O–H groups in total. The highest BCUT2D eigenvalue weighted by Crippen LogP contribution is 1.98. The van der Waals surface area contributed by atoms with Gasteiger partial charge in [-0.15, -0.1) is 0 Å². The zero-order valence-electron chi connectivity index (χ0n) is 9.80. The van der Waals surface area contributed by atoms with Gasteiger partial charge in [-0.1, -0.05) is 0 Å². The lowest BCUT2D eigenvalue weighted by Gasteiger charge is -2.13. The maximum absolute atomic E-state index is 11.7. The van der Waals surface area contributed by atoms with Crippen LogP contribution >= 0.6 is 0 Å². The zero-order valence-corrected chi connectivity index (χ0v) is 9.80. The highest BCUT2D eigenvalue weighted by atomic mass is 16.5. The molecule has 0 aliphatic carbocycles. The molecule has 1 aromatic heterocycles. The number of aliphatic carboxylic acids is 1. The number of carboxylic acids is 1. The van der Waals surface area contributed by atoms with Gasteiger partial charge in [0.05, 0.1) is 5.56 Å². The van der Waals surface area contributed by atoms with Crippen LogP contribution in [0.4, 0.5) is 0 Å². The Morgan fingerprint density at radius 3 is 2.72 bits per heavy atom. The molecule has 7 heteroatoms. The average molecular weight is 254 g/mol. The molecular formula is C11H14N2O5. The molecule has 1 amide bonds. The van der Waals surface area contributed by atoms with Crippen molar-refractivity contribution in [2.24, 2.45) is 0 Å². The minimum absolute atomic E-state index is 0.168. The molecule has 0 fully saturated rings. The molecule has 1 atom stereocenters. The Kier molecular flexibility index (Phi) is 5.06. The molecular weight excluding hydrogens is 240 g/mol. The van der Waals surface area contributed by atoms with Gasteiger partial charge in [-0.2, -0.15) is 0 Å². The minimum atomic E-state index is -1.13. The van der Waals surface area contributed by atoms with E-state index >= 15 is 0 Å². The van der Waals surface area contributed by atoms with Crippen LogP contribution < -0.4 is 10.9 Å². The van der Waals surface area contributed by atoms with Gasteiger partial charge in [0.2, 0.25) is 5.56 Å². The number of amides is 1. The molecule has 1 aromatic rings. The van der Waals surface area contributed by atoms with Gasteiger partial charge >= 0.3 is 5.97 Å². The number of aromatic nitrogens is 1. The zero-order chi connectivity index (χ0) is 13.5. The van der Waals surface area contributed by atoms with Crippen molar-refractivity contribution in [2.75, 3.05) is 13.7 Å². The van der Waals surface area contributed by atoms with E-state index in [0.717, 1.165) is 0 Å². The van der Waals surface area contributed by atoms with Gasteiger partial charge in [0.15, 0.2) is 0 Å². The Hall–Kier alpha value is -2.15. The summed E-state index contributed by atoms with van der Waals surface area (Å²) in [6.07, 6.45) is 1.40. The molecule has 0 saturated heterocycles. The van der Waals surface area contributed by atoms with E-state index in [-0.39, 0.29) is 24.2 Å². The third kappa shape index (κ3) is 4.02. The minimum Gasteiger partial charge on any atom is -0.480 e. The number of nitrogens with one attached hydrogen (secondary N) is 2. The SMILES string of the molecule is COCCC(NC(=O)c1ccc(=O)[nH]c1)C(=O)O. The molecule has 0 spiro atoms. The molecule has 1 unspecified atom stereocenters. The molecule has 0 aromatic carbocycles. The summed E-state index contributed by atoms with van der Waals surface area (Å²) in [5.41, 5.74) is -0.140. The molecule has 0 aliphatic heterocycles. The second-order valence-corrected chi connectivity index (χ2v) is 3.59. The van der Waals surface area contributed by atoms with Gasteiger partial charge in [0.25, 0.3) is 5.91 Å². The Labute approximate surface area is 103 Å². The van der Waals surface area contributed by atoms with E-state index in [2.05, 4.69) is 10.3 Å². The summed E-state index contributed by atoms with van der Waals surface area (Å²) >= 11 is 0. The van der Waals surface area contributed by atoms with Crippen LogP contribution in [0.3, 0.4) is 0 Å². The summed E-state index contributed by atoms with van der Waals surface area (Å²) < 4.78 is 4.76. The number of carboxylic acid groups (broad SMARTS) is 1. The molecule has 0 radical (unpaired) electrons. The third-order valence-corrected chi connectivity index (χ3v) is 2.26. The van der Waals surface area contributed by atoms with Crippen molar-refractivity contribution in [3.63, 3.8) is 0 Å². The van der Waals surface area contributed by atoms with Gasteiger partial charge in [0, 0.05) is 32.4 Å². The van der Waals surface area contributed by atoms with Crippen LogP contribution in [0, 0.1) is 0 Å². The van der Waals surface area contributed by atoms with Gasteiger partial charge < -0.3 is 20.1 Å². The number of ether oxygens (including phenoxy) is 1. The van der Waals surface area contributed by atoms with Crippen molar-refractivity contribution in [2.45, 2.75) is 12.5 Å². The van der Waals surface area contributed by atoms with Crippen molar-refractivity contribution >= 4 is 11.9 Å². The predicted molar refractivity (Wildman–Crippen MR) is 62.4 cm³/mol. The van der Waals surface area contributed by atoms with Crippen molar-refractivity contribution in [1.82, 2.24) is 10.3 Å². The van der Waals surface area contributed by atoms with E-state index in [4.69, 9.17) is 9.84 Å². The third-order valence-electron chi connectivity index (χ3n) is 2.26. The number of aromatic amines is 1. The van der Waals surface area contributed by atoms with E-state index in [1.54, 1.807) is 0 Å². The van der Waals surface area contributed by atoms with Gasteiger partial charge in [-0.25, -0.2) is 4.79 Å².